The lowest BCUT2D eigenvalue weighted by Gasteiger charge is -2.33. The summed E-state index contributed by atoms with van der Waals surface area (Å²) in [6.45, 7) is 6.34. The largest absolute Gasteiger partial charge is 0.328 e. The summed E-state index contributed by atoms with van der Waals surface area (Å²) in [6, 6.07) is 0.173. The molecule has 2 heterocycles. The summed E-state index contributed by atoms with van der Waals surface area (Å²) in [6.07, 6.45) is 2.31. The molecule has 0 atom stereocenters. The van der Waals surface area contributed by atoms with Crippen molar-refractivity contribution in [3.63, 3.8) is 0 Å². The fourth-order valence-electron chi connectivity index (χ4n) is 2.83. The van der Waals surface area contributed by atoms with Gasteiger partial charge in [-0.15, -0.1) is 0 Å². The average Bonchev–Trinajstić information content (AvgIpc) is 2.41. The summed E-state index contributed by atoms with van der Waals surface area (Å²) in [4.78, 5) is 4.67. The standard InChI is InChI=1S/C13H28N4O2S/c1-15-8-10-16(11-9-15)5-2-12-20(18,19)17-6-3-13(14)4-7-17/h13H,2-12,14H2,1H3. The molecule has 2 rings (SSSR count). The maximum Gasteiger partial charge on any atom is 0.214 e. The first-order valence-corrected chi connectivity index (χ1v) is 9.22. The van der Waals surface area contributed by atoms with Gasteiger partial charge in [-0.2, -0.15) is 0 Å². The molecule has 20 heavy (non-hydrogen) atoms. The highest BCUT2D eigenvalue weighted by Crippen LogP contribution is 2.14. The van der Waals surface area contributed by atoms with Crippen molar-refractivity contribution in [1.29, 1.82) is 0 Å². The summed E-state index contributed by atoms with van der Waals surface area (Å²) in [5.41, 5.74) is 5.82. The van der Waals surface area contributed by atoms with Crippen LogP contribution in [0.5, 0.6) is 0 Å². The van der Waals surface area contributed by atoms with Gasteiger partial charge in [-0.3, -0.25) is 0 Å². The van der Waals surface area contributed by atoms with Crippen LogP contribution in [0, 0.1) is 0 Å². The van der Waals surface area contributed by atoms with Gasteiger partial charge >= 0.3 is 0 Å². The Morgan fingerprint density at radius 1 is 1.05 bits per heavy atom. The molecule has 0 aliphatic carbocycles. The van der Waals surface area contributed by atoms with E-state index < -0.39 is 10.0 Å². The molecule has 0 radical (unpaired) electrons. The Morgan fingerprint density at radius 2 is 1.65 bits per heavy atom. The van der Waals surface area contributed by atoms with Crippen molar-refractivity contribution < 1.29 is 8.42 Å². The van der Waals surface area contributed by atoms with Gasteiger partial charge in [0.15, 0.2) is 0 Å². The fourth-order valence-corrected chi connectivity index (χ4v) is 4.34. The third-order valence-corrected chi connectivity index (χ3v) is 6.32. The second-order valence-corrected chi connectivity index (χ2v) is 8.14. The maximum atomic E-state index is 12.2. The molecule has 0 aromatic carbocycles. The van der Waals surface area contributed by atoms with Crippen molar-refractivity contribution in [1.82, 2.24) is 14.1 Å². The van der Waals surface area contributed by atoms with Crippen LogP contribution in [0.4, 0.5) is 0 Å². The summed E-state index contributed by atoms with van der Waals surface area (Å²) >= 11 is 0. The van der Waals surface area contributed by atoms with Crippen LogP contribution in [0.2, 0.25) is 0 Å². The smallest absolute Gasteiger partial charge is 0.214 e. The molecular weight excluding hydrogens is 276 g/mol. The number of hydrogen-bond acceptors (Lipinski definition) is 5. The van der Waals surface area contributed by atoms with Gasteiger partial charge < -0.3 is 15.5 Å². The van der Waals surface area contributed by atoms with Crippen LogP contribution in [-0.4, -0.2) is 87.2 Å². The lowest BCUT2D eigenvalue weighted by Crippen LogP contribution is -2.46. The van der Waals surface area contributed by atoms with E-state index in [0.29, 0.717) is 13.1 Å². The number of rotatable bonds is 5. The maximum absolute atomic E-state index is 12.2. The Kier molecular flexibility index (Phi) is 5.80. The van der Waals surface area contributed by atoms with Crippen LogP contribution in [0.25, 0.3) is 0 Å². The Balaban J connectivity index is 1.70. The zero-order valence-corrected chi connectivity index (χ0v) is 13.3. The number of hydrogen-bond donors (Lipinski definition) is 1. The van der Waals surface area contributed by atoms with Crippen LogP contribution in [0.3, 0.4) is 0 Å². The van der Waals surface area contributed by atoms with E-state index in [1.165, 1.54) is 0 Å². The summed E-state index contributed by atoms with van der Waals surface area (Å²) in [7, 11) is -0.950. The van der Waals surface area contributed by atoms with Crippen LogP contribution in [0.1, 0.15) is 19.3 Å². The summed E-state index contributed by atoms with van der Waals surface area (Å²) in [5, 5.41) is 0. The predicted molar refractivity (Wildman–Crippen MR) is 81.1 cm³/mol. The molecular formula is C13H28N4O2S. The quantitative estimate of drug-likeness (QED) is 0.733. The lowest BCUT2D eigenvalue weighted by molar-refractivity contribution is 0.154. The van der Waals surface area contributed by atoms with E-state index >= 15 is 0 Å². The van der Waals surface area contributed by atoms with E-state index in [1.54, 1.807) is 4.31 Å². The minimum atomic E-state index is -3.08. The van der Waals surface area contributed by atoms with E-state index in [4.69, 9.17) is 5.73 Å². The second kappa shape index (κ2) is 7.17. The van der Waals surface area contributed by atoms with Crippen LogP contribution in [-0.2, 0) is 10.0 Å². The van der Waals surface area contributed by atoms with Gasteiger partial charge in [0.1, 0.15) is 0 Å². The van der Waals surface area contributed by atoms with Crippen LogP contribution < -0.4 is 5.73 Å². The Bertz CT molecular complexity index is 385. The van der Waals surface area contributed by atoms with Gasteiger partial charge in [0.05, 0.1) is 5.75 Å². The van der Waals surface area contributed by atoms with Crippen molar-refractivity contribution in [3.05, 3.63) is 0 Å². The number of sulfonamides is 1. The van der Waals surface area contributed by atoms with E-state index in [-0.39, 0.29) is 11.8 Å². The topological polar surface area (TPSA) is 69.9 Å². The molecule has 118 valence electrons. The molecule has 2 aliphatic rings. The minimum Gasteiger partial charge on any atom is -0.328 e. The van der Waals surface area contributed by atoms with Crippen molar-refractivity contribution >= 4 is 10.0 Å². The number of piperazine rings is 1. The Hall–Kier alpha value is -0.210. The molecule has 2 saturated heterocycles. The Labute approximate surface area is 122 Å². The average molecular weight is 304 g/mol. The third-order valence-electron chi connectivity index (χ3n) is 4.36. The normalized spacial score (nSPS) is 25.1. The van der Waals surface area contributed by atoms with Crippen molar-refractivity contribution in [3.8, 4) is 0 Å². The molecule has 0 spiro atoms. The molecule has 2 fully saturated rings. The highest BCUT2D eigenvalue weighted by Gasteiger charge is 2.26. The Morgan fingerprint density at radius 3 is 2.25 bits per heavy atom. The molecule has 0 amide bonds. The zero-order valence-electron chi connectivity index (χ0n) is 12.5. The first kappa shape index (κ1) is 16.2. The van der Waals surface area contributed by atoms with E-state index in [1.807, 2.05) is 0 Å². The van der Waals surface area contributed by atoms with Gasteiger partial charge in [0.25, 0.3) is 0 Å². The van der Waals surface area contributed by atoms with Crippen LogP contribution >= 0.6 is 0 Å². The van der Waals surface area contributed by atoms with Crippen molar-refractivity contribution in [2.45, 2.75) is 25.3 Å². The fraction of sp³-hybridized carbons (Fsp3) is 1.00. The van der Waals surface area contributed by atoms with E-state index in [9.17, 15) is 8.42 Å². The highest BCUT2D eigenvalue weighted by molar-refractivity contribution is 7.89. The SMILES string of the molecule is CN1CCN(CCCS(=O)(=O)N2CCC(N)CC2)CC1. The third kappa shape index (κ3) is 4.66. The molecule has 0 unspecified atom stereocenters. The first-order chi connectivity index (χ1) is 9.47. The molecule has 0 aromatic heterocycles. The van der Waals surface area contributed by atoms with E-state index in [0.717, 1.165) is 52.0 Å². The highest BCUT2D eigenvalue weighted by atomic mass is 32.2. The van der Waals surface area contributed by atoms with Gasteiger partial charge in [-0.05, 0) is 32.9 Å². The molecule has 0 aromatic rings. The van der Waals surface area contributed by atoms with Gasteiger partial charge in [-0.1, -0.05) is 0 Å². The van der Waals surface area contributed by atoms with Gasteiger partial charge in [-0.25, -0.2) is 12.7 Å². The molecule has 2 N–H and O–H groups in total. The van der Waals surface area contributed by atoms with Crippen molar-refractivity contribution in [2.75, 3.05) is 58.6 Å². The molecule has 7 heteroatoms. The predicted octanol–water partition coefficient (Wildman–Crippen LogP) is -0.623. The van der Waals surface area contributed by atoms with Gasteiger partial charge in [0.2, 0.25) is 10.0 Å². The number of likely N-dealkylation sites (N-methyl/N-ethyl adjacent to an activating group) is 1. The first-order valence-electron chi connectivity index (χ1n) is 7.62. The molecule has 0 saturated carbocycles. The number of piperidine rings is 1. The monoisotopic (exact) mass is 304 g/mol. The van der Waals surface area contributed by atoms with E-state index in [2.05, 4.69) is 16.8 Å². The summed E-state index contributed by atoms with van der Waals surface area (Å²) in [5.74, 6) is 0.272. The second-order valence-electron chi connectivity index (χ2n) is 6.05. The molecule has 6 nitrogen and oxygen atoms in total. The molecule has 0 bridgehead atoms. The van der Waals surface area contributed by atoms with Crippen LogP contribution in [0.15, 0.2) is 0 Å². The summed E-state index contributed by atoms with van der Waals surface area (Å²) < 4.78 is 26.1. The molecule has 2 aliphatic heterocycles. The van der Waals surface area contributed by atoms with Crippen molar-refractivity contribution in [2.24, 2.45) is 5.73 Å². The minimum absolute atomic E-state index is 0.173. The lowest BCUT2D eigenvalue weighted by atomic mass is 10.1. The number of nitrogens with zero attached hydrogens (tertiary/aromatic N) is 3. The van der Waals surface area contributed by atoms with Gasteiger partial charge in [0, 0.05) is 45.3 Å². The zero-order chi connectivity index (χ0) is 14.6. The number of nitrogens with two attached hydrogens (primary N) is 1.